The fourth-order valence-corrected chi connectivity index (χ4v) is 2.87. The number of aromatic nitrogens is 4. The van der Waals surface area contributed by atoms with Crippen LogP contribution in [0.1, 0.15) is 10.4 Å². The summed E-state index contributed by atoms with van der Waals surface area (Å²) in [6.07, 6.45) is 1.52. The maximum absolute atomic E-state index is 12.4. The summed E-state index contributed by atoms with van der Waals surface area (Å²) in [5, 5.41) is 25.6. The smallest absolute Gasteiger partial charge is 0.270 e. The molecule has 4 aromatic rings. The van der Waals surface area contributed by atoms with E-state index in [2.05, 4.69) is 20.6 Å². The maximum atomic E-state index is 12.4. The first-order valence-corrected chi connectivity index (χ1v) is 8.42. The van der Waals surface area contributed by atoms with E-state index in [0.29, 0.717) is 11.3 Å². The zero-order chi connectivity index (χ0) is 19.7. The lowest BCUT2D eigenvalue weighted by Crippen LogP contribution is -2.12. The number of nitrogens with zero attached hydrogens (tertiary/aromatic N) is 5. The number of non-ortho nitro benzene ring substituents is 1. The van der Waals surface area contributed by atoms with Crippen molar-refractivity contribution in [1.29, 1.82) is 0 Å². The van der Waals surface area contributed by atoms with Crippen molar-refractivity contribution in [2.24, 2.45) is 0 Å². The number of rotatable bonds is 4. The lowest BCUT2D eigenvalue weighted by atomic mass is 10.1. The van der Waals surface area contributed by atoms with Crippen LogP contribution in [-0.4, -0.2) is 30.6 Å². The molecule has 28 heavy (non-hydrogen) atoms. The number of carbonyl (C=O) groups excluding carboxylic acids is 1. The normalized spacial score (nSPS) is 10.8. The fourth-order valence-electron chi connectivity index (χ4n) is 2.61. The predicted octanol–water partition coefficient (Wildman–Crippen LogP) is 3.61. The minimum atomic E-state index is -0.572. The molecule has 0 saturated carbocycles. The van der Waals surface area contributed by atoms with Gasteiger partial charge in [-0.15, -0.1) is 10.2 Å². The molecular weight excluding hydrogens is 384 g/mol. The van der Waals surface area contributed by atoms with Crippen molar-refractivity contribution in [3.8, 4) is 11.3 Å². The van der Waals surface area contributed by atoms with E-state index in [9.17, 15) is 14.9 Å². The van der Waals surface area contributed by atoms with E-state index in [1.165, 1.54) is 18.5 Å². The zero-order valence-electron chi connectivity index (χ0n) is 14.1. The largest absolute Gasteiger partial charge is 0.322 e. The van der Waals surface area contributed by atoms with Crippen molar-refractivity contribution < 1.29 is 9.72 Å². The Morgan fingerprint density at radius 1 is 1.11 bits per heavy atom. The summed E-state index contributed by atoms with van der Waals surface area (Å²) < 4.78 is 1.57. The Balaban J connectivity index is 1.52. The monoisotopic (exact) mass is 394 g/mol. The Bertz CT molecular complexity index is 1210. The zero-order valence-corrected chi connectivity index (χ0v) is 14.9. The Hall–Kier alpha value is -3.85. The summed E-state index contributed by atoms with van der Waals surface area (Å²) in [5.74, 6) is -0.461. The van der Waals surface area contributed by atoms with Gasteiger partial charge in [-0.2, -0.15) is 9.61 Å². The van der Waals surface area contributed by atoms with Gasteiger partial charge in [-0.1, -0.05) is 23.7 Å². The summed E-state index contributed by atoms with van der Waals surface area (Å²) in [7, 11) is 0. The molecule has 2 aromatic heterocycles. The molecule has 2 aromatic carbocycles. The molecular formula is C18H11ClN6O3. The molecule has 0 fully saturated rings. The standard InChI is InChI=1S/C18H11ClN6O3/c19-15-9-13(25(27)28)5-6-14(15)18(26)21-12-3-1-11(2-4-12)16-7-8-17-22-20-10-24(17)23-16/h1-10H,(H,21,26). The molecule has 1 N–H and O–H groups in total. The van der Waals surface area contributed by atoms with E-state index >= 15 is 0 Å². The molecule has 0 aliphatic rings. The van der Waals surface area contributed by atoms with Crippen LogP contribution in [0.2, 0.25) is 5.02 Å². The lowest BCUT2D eigenvalue weighted by Gasteiger charge is -2.08. The Labute approximate surface area is 162 Å². The molecule has 0 atom stereocenters. The third-order valence-corrected chi connectivity index (χ3v) is 4.32. The van der Waals surface area contributed by atoms with Crippen LogP contribution in [-0.2, 0) is 0 Å². The quantitative estimate of drug-likeness (QED) is 0.417. The van der Waals surface area contributed by atoms with Crippen LogP contribution in [0.4, 0.5) is 11.4 Å². The van der Waals surface area contributed by atoms with Crippen LogP contribution in [0, 0.1) is 10.1 Å². The van der Waals surface area contributed by atoms with Crippen LogP contribution < -0.4 is 5.32 Å². The van der Waals surface area contributed by atoms with Gasteiger partial charge >= 0.3 is 0 Å². The number of carbonyl (C=O) groups is 1. The van der Waals surface area contributed by atoms with Gasteiger partial charge in [-0.05, 0) is 30.3 Å². The molecule has 4 rings (SSSR count). The van der Waals surface area contributed by atoms with Gasteiger partial charge in [0.1, 0.15) is 6.33 Å². The molecule has 0 aliphatic heterocycles. The molecule has 0 bridgehead atoms. The Morgan fingerprint density at radius 3 is 2.61 bits per heavy atom. The van der Waals surface area contributed by atoms with Crippen molar-refractivity contribution in [3.05, 3.63) is 81.6 Å². The first kappa shape index (κ1) is 17.6. The molecule has 0 saturated heterocycles. The highest BCUT2D eigenvalue weighted by atomic mass is 35.5. The summed E-state index contributed by atoms with van der Waals surface area (Å²) in [6.45, 7) is 0. The summed E-state index contributed by atoms with van der Waals surface area (Å²) in [6, 6.07) is 14.4. The number of hydrogen-bond acceptors (Lipinski definition) is 6. The topological polar surface area (TPSA) is 115 Å². The number of hydrogen-bond donors (Lipinski definition) is 1. The van der Waals surface area contributed by atoms with Crippen LogP contribution in [0.3, 0.4) is 0 Å². The van der Waals surface area contributed by atoms with Gasteiger partial charge in [-0.3, -0.25) is 14.9 Å². The first-order valence-electron chi connectivity index (χ1n) is 8.04. The van der Waals surface area contributed by atoms with Crippen LogP contribution >= 0.6 is 11.6 Å². The van der Waals surface area contributed by atoms with Gasteiger partial charge in [0.2, 0.25) is 0 Å². The van der Waals surface area contributed by atoms with Crippen LogP contribution in [0.25, 0.3) is 16.9 Å². The van der Waals surface area contributed by atoms with E-state index in [4.69, 9.17) is 11.6 Å². The van der Waals surface area contributed by atoms with Crippen molar-refractivity contribution in [3.63, 3.8) is 0 Å². The molecule has 0 radical (unpaired) electrons. The Morgan fingerprint density at radius 2 is 1.89 bits per heavy atom. The highest BCUT2D eigenvalue weighted by Gasteiger charge is 2.15. The summed E-state index contributed by atoms with van der Waals surface area (Å²) in [5.41, 5.74) is 2.74. The average molecular weight is 395 g/mol. The van der Waals surface area contributed by atoms with Crippen LogP contribution in [0.5, 0.6) is 0 Å². The number of benzene rings is 2. The highest BCUT2D eigenvalue weighted by molar-refractivity contribution is 6.34. The number of halogens is 1. The van der Waals surface area contributed by atoms with E-state index in [0.717, 1.165) is 17.3 Å². The van der Waals surface area contributed by atoms with E-state index in [1.54, 1.807) is 16.6 Å². The second kappa shape index (κ2) is 7.05. The average Bonchev–Trinajstić information content (AvgIpc) is 3.16. The van der Waals surface area contributed by atoms with Crippen molar-refractivity contribution in [2.45, 2.75) is 0 Å². The number of nitro benzene ring substituents is 1. The summed E-state index contributed by atoms with van der Waals surface area (Å²) >= 11 is 5.99. The minimum Gasteiger partial charge on any atom is -0.322 e. The lowest BCUT2D eigenvalue weighted by molar-refractivity contribution is -0.384. The van der Waals surface area contributed by atoms with E-state index in [1.807, 2.05) is 24.3 Å². The molecule has 0 spiro atoms. The van der Waals surface area contributed by atoms with Crippen LogP contribution in [0.15, 0.2) is 60.9 Å². The highest BCUT2D eigenvalue weighted by Crippen LogP contribution is 2.24. The van der Waals surface area contributed by atoms with E-state index < -0.39 is 10.8 Å². The van der Waals surface area contributed by atoms with Gasteiger partial charge < -0.3 is 5.32 Å². The molecule has 1 amide bonds. The van der Waals surface area contributed by atoms with Gasteiger partial charge in [0.15, 0.2) is 5.65 Å². The van der Waals surface area contributed by atoms with E-state index in [-0.39, 0.29) is 16.3 Å². The molecule has 0 aliphatic carbocycles. The molecule has 10 heteroatoms. The first-order chi connectivity index (χ1) is 13.5. The SMILES string of the molecule is O=C(Nc1ccc(-c2ccc3nncn3n2)cc1)c1ccc([N+](=O)[O-])cc1Cl. The van der Waals surface area contributed by atoms with Gasteiger partial charge in [0.25, 0.3) is 11.6 Å². The number of anilines is 1. The van der Waals surface area contributed by atoms with Crippen molar-refractivity contribution in [2.75, 3.05) is 5.32 Å². The second-order valence-corrected chi connectivity index (χ2v) is 6.21. The number of fused-ring (bicyclic) bond motifs is 1. The van der Waals surface area contributed by atoms with Gasteiger partial charge in [0.05, 0.1) is 21.2 Å². The molecule has 9 nitrogen and oxygen atoms in total. The number of amides is 1. The van der Waals surface area contributed by atoms with Gasteiger partial charge in [-0.25, -0.2) is 0 Å². The molecule has 2 heterocycles. The Kier molecular flexibility index (Phi) is 4.42. The summed E-state index contributed by atoms with van der Waals surface area (Å²) in [4.78, 5) is 22.6. The molecule has 0 unspecified atom stereocenters. The number of nitrogens with one attached hydrogen (secondary N) is 1. The molecule has 138 valence electrons. The van der Waals surface area contributed by atoms with Gasteiger partial charge in [0, 0.05) is 23.4 Å². The third-order valence-electron chi connectivity index (χ3n) is 4.01. The minimum absolute atomic E-state index is 0.00904. The predicted molar refractivity (Wildman–Crippen MR) is 102 cm³/mol. The van der Waals surface area contributed by atoms with Crippen molar-refractivity contribution >= 4 is 34.5 Å². The second-order valence-electron chi connectivity index (χ2n) is 5.81. The maximum Gasteiger partial charge on any atom is 0.270 e. The fraction of sp³-hybridized carbons (Fsp3) is 0. The number of nitro groups is 1. The third kappa shape index (κ3) is 3.38. The van der Waals surface area contributed by atoms with Crippen molar-refractivity contribution in [1.82, 2.24) is 19.8 Å².